The largest absolute Gasteiger partial charge is 0.461 e. The molecule has 0 N–H and O–H groups in total. The molecule has 0 aromatic heterocycles. The summed E-state index contributed by atoms with van der Waals surface area (Å²) in [5.41, 5.74) is 1.43. The van der Waals surface area contributed by atoms with Crippen LogP contribution in [0.3, 0.4) is 0 Å². The van der Waals surface area contributed by atoms with E-state index in [1.165, 1.54) is 0 Å². The van der Waals surface area contributed by atoms with Crippen molar-refractivity contribution in [1.82, 2.24) is 0 Å². The molecule has 0 spiro atoms. The predicted octanol–water partition coefficient (Wildman–Crippen LogP) is 2.80. The van der Waals surface area contributed by atoms with E-state index in [-0.39, 0.29) is 59.5 Å². The van der Waals surface area contributed by atoms with E-state index in [0.717, 1.165) is 12.0 Å². The molecule has 136 valence electrons. The average Bonchev–Trinajstić information content (AvgIpc) is 3.03. The van der Waals surface area contributed by atoms with Gasteiger partial charge in [0.2, 0.25) is 0 Å². The Morgan fingerprint density at radius 1 is 1.44 bits per heavy atom. The third kappa shape index (κ3) is 2.31. The molecular weight excluding hydrogens is 320 g/mol. The number of hydrogen-bond acceptors (Lipinski definition) is 5. The second-order valence-electron chi connectivity index (χ2n) is 8.20. The number of rotatable bonds is 2. The summed E-state index contributed by atoms with van der Waals surface area (Å²) in [6.07, 6.45) is 2.83. The summed E-state index contributed by atoms with van der Waals surface area (Å²) in [5, 5.41) is 0. The van der Waals surface area contributed by atoms with Crippen molar-refractivity contribution in [3.8, 4) is 0 Å². The summed E-state index contributed by atoms with van der Waals surface area (Å²) >= 11 is 0. The van der Waals surface area contributed by atoms with Gasteiger partial charge < -0.3 is 14.2 Å². The van der Waals surface area contributed by atoms with Crippen molar-refractivity contribution in [2.24, 2.45) is 23.7 Å². The van der Waals surface area contributed by atoms with E-state index in [1.807, 2.05) is 13.8 Å². The van der Waals surface area contributed by atoms with Crippen LogP contribution in [-0.4, -0.2) is 35.9 Å². The van der Waals surface area contributed by atoms with Gasteiger partial charge in [0, 0.05) is 23.8 Å². The van der Waals surface area contributed by atoms with Crippen LogP contribution < -0.4 is 0 Å². The minimum atomic E-state index is -0.382. The lowest BCUT2D eigenvalue weighted by atomic mass is 9.77. The highest BCUT2D eigenvalue weighted by Gasteiger charge is 2.72. The molecule has 2 saturated heterocycles. The Hall–Kier alpha value is -1.62. The van der Waals surface area contributed by atoms with E-state index >= 15 is 0 Å². The molecule has 2 saturated carbocycles. The summed E-state index contributed by atoms with van der Waals surface area (Å²) in [7, 11) is 0. The van der Waals surface area contributed by atoms with E-state index in [0.29, 0.717) is 12.0 Å². The smallest absolute Gasteiger partial charge is 0.333 e. The first-order valence-electron chi connectivity index (χ1n) is 9.17. The molecule has 5 nitrogen and oxygen atoms in total. The van der Waals surface area contributed by atoms with Gasteiger partial charge in [0.05, 0.1) is 17.6 Å². The van der Waals surface area contributed by atoms with Crippen LogP contribution in [-0.2, 0) is 23.8 Å². The number of hydrogen-bond donors (Lipinski definition) is 0. The van der Waals surface area contributed by atoms with Crippen LogP contribution in [0.4, 0.5) is 0 Å². The molecule has 0 radical (unpaired) electrons. The number of epoxide rings is 1. The van der Waals surface area contributed by atoms with Crippen LogP contribution in [0.15, 0.2) is 23.8 Å². The van der Waals surface area contributed by atoms with Crippen molar-refractivity contribution >= 4 is 11.9 Å². The van der Waals surface area contributed by atoms with Gasteiger partial charge in [-0.1, -0.05) is 25.2 Å². The van der Waals surface area contributed by atoms with Gasteiger partial charge in [0.15, 0.2) is 0 Å². The average molecular weight is 346 g/mol. The molecule has 0 aromatic rings. The minimum absolute atomic E-state index is 0.107. The summed E-state index contributed by atoms with van der Waals surface area (Å²) < 4.78 is 17.6. The standard InChI is InChI=1S/C20H26O5/c1-6-9(2)18(21)23-13-7-10(3)12-8-14-20(5,25-14)16(12)17-15(13)11(4)19(22)24-17/h6,11-17H,3,7-8H2,1-2,4-5H3. The molecular formula is C20H26O5. The van der Waals surface area contributed by atoms with Gasteiger partial charge >= 0.3 is 11.9 Å². The number of fused-ring (bicyclic) bond motifs is 5. The van der Waals surface area contributed by atoms with Gasteiger partial charge in [-0.15, -0.1) is 0 Å². The van der Waals surface area contributed by atoms with Crippen molar-refractivity contribution in [2.45, 2.75) is 64.4 Å². The fourth-order valence-corrected chi connectivity index (χ4v) is 5.22. The molecule has 2 aliphatic heterocycles. The maximum absolute atomic E-state index is 12.3. The van der Waals surface area contributed by atoms with Crippen LogP contribution in [0.2, 0.25) is 0 Å². The Morgan fingerprint density at radius 2 is 2.16 bits per heavy atom. The van der Waals surface area contributed by atoms with Crippen molar-refractivity contribution < 1.29 is 23.8 Å². The quantitative estimate of drug-likeness (QED) is 0.333. The molecule has 4 fully saturated rings. The third-order valence-corrected chi connectivity index (χ3v) is 6.91. The van der Waals surface area contributed by atoms with Gasteiger partial charge in [0.25, 0.3) is 0 Å². The molecule has 4 rings (SSSR count). The number of allylic oxidation sites excluding steroid dienone is 1. The molecule has 2 heterocycles. The summed E-state index contributed by atoms with van der Waals surface area (Å²) in [6.45, 7) is 11.8. The van der Waals surface area contributed by atoms with Gasteiger partial charge in [-0.25, -0.2) is 4.79 Å². The Balaban J connectivity index is 1.69. The zero-order valence-corrected chi connectivity index (χ0v) is 15.3. The van der Waals surface area contributed by atoms with Crippen molar-refractivity contribution in [3.05, 3.63) is 23.8 Å². The van der Waals surface area contributed by atoms with E-state index in [4.69, 9.17) is 14.2 Å². The third-order valence-electron chi connectivity index (χ3n) is 6.91. The SMILES string of the molecule is C=C1CC(OC(=O)C(C)=CC)C2C(C)C(=O)OC2C2C1CC1OC12C. The maximum Gasteiger partial charge on any atom is 0.333 e. The Bertz CT molecular complexity index is 680. The fraction of sp³-hybridized carbons (Fsp3) is 0.700. The van der Waals surface area contributed by atoms with Crippen LogP contribution in [0.25, 0.3) is 0 Å². The van der Waals surface area contributed by atoms with Crippen molar-refractivity contribution in [2.75, 3.05) is 0 Å². The summed E-state index contributed by atoms with van der Waals surface area (Å²) in [6, 6.07) is 0. The predicted molar refractivity (Wildman–Crippen MR) is 90.5 cm³/mol. The molecule has 4 aliphatic rings. The van der Waals surface area contributed by atoms with E-state index in [2.05, 4.69) is 13.5 Å². The number of carbonyl (C=O) groups is 2. The van der Waals surface area contributed by atoms with Gasteiger partial charge in [-0.2, -0.15) is 0 Å². The van der Waals surface area contributed by atoms with Crippen molar-refractivity contribution in [1.29, 1.82) is 0 Å². The lowest BCUT2D eigenvalue weighted by Gasteiger charge is -2.31. The topological polar surface area (TPSA) is 65.1 Å². The van der Waals surface area contributed by atoms with Gasteiger partial charge in [-0.3, -0.25) is 4.79 Å². The first-order valence-corrected chi connectivity index (χ1v) is 9.17. The zero-order valence-electron chi connectivity index (χ0n) is 15.3. The molecule has 0 bridgehead atoms. The highest BCUT2D eigenvalue weighted by Crippen LogP contribution is 2.63. The molecule has 8 unspecified atom stereocenters. The maximum atomic E-state index is 12.3. The monoisotopic (exact) mass is 346 g/mol. The first-order chi connectivity index (χ1) is 11.8. The molecule has 0 amide bonds. The number of carbonyl (C=O) groups excluding carboxylic acids is 2. The molecule has 8 atom stereocenters. The molecule has 5 heteroatoms. The Labute approximate surface area is 148 Å². The molecule has 25 heavy (non-hydrogen) atoms. The van der Waals surface area contributed by atoms with Gasteiger partial charge in [-0.05, 0) is 33.1 Å². The summed E-state index contributed by atoms with van der Waals surface area (Å²) in [5.74, 6) is -0.590. The lowest BCUT2D eigenvalue weighted by molar-refractivity contribution is -0.149. The Morgan fingerprint density at radius 3 is 2.84 bits per heavy atom. The fourth-order valence-electron chi connectivity index (χ4n) is 5.22. The van der Waals surface area contributed by atoms with Crippen LogP contribution >= 0.6 is 0 Å². The number of esters is 2. The van der Waals surface area contributed by atoms with Crippen molar-refractivity contribution in [3.63, 3.8) is 0 Å². The van der Waals surface area contributed by atoms with E-state index < -0.39 is 0 Å². The molecule has 0 aromatic carbocycles. The van der Waals surface area contributed by atoms with Crippen LogP contribution in [0.1, 0.15) is 40.5 Å². The highest BCUT2D eigenvalue weighted by atomic mass is 16.6. The van der Waals surface area contributed by atoms with Gasteiger partial charge in [0.1, 0.15) is 12.2 Å². The number of ether oxygens (including phenoxy) is 3. The second-order valence-corrected chi connectivity index (χ2v) is 8.20. The van der Waals surface area contributed by atoms with Crippen LogP contribution in [0, 0.1) is 23.7 Å². The Kier molecular flexibility index (Phi) is 3.66. The molecule has 2 aliphatic carbocycles. The lowest BCUT2D eigenvalue weighted by Crippen LogP contribution is -2.41. The minimum Gasteiger partial charge on any atom is -0.461 e. The zero-order chi connectivity index (χ0) is 18.1. The van der Waals surface area contributed by atoms with E-state index in [9.17, 15) is 9.59 Å². The normalized spacial score (nSPS) is 48.2. The van der Waals surface area contributed by atoms with E-state index in [1.54, 1.807) is 13.0 Å². The first kappa shape index (κ1) is 16.8. The second kappa shape index (κ2) is 5.44. The highest BCUT2D eigenvalue weighted by molar-refractivity contribution is 5.87. The summed E-state index contributed by atoms with van der Waals surface area (Å²) in [4.78, 5) is 24.7. The van der Waals surface area contributed by atoms with Crippen LogP contribution in [0.5, 0.6) is 0 Å².